The molecule has 1 aromatic carbocycles. The molecule has 0 bridgehead atoms. The fourth-order valence-corrected chi connectivity index (χ4v) is 7.26. The van der Waals surface area contributed by atoms with Gasteiger partial charge in [-0.2, -0.15) is 5.10 Å². The Morgan fingerprint density at radius 1 is 1.00 bits per heavy atom. The number of nitrogens with zero attached hydrogens (tertiary/aromatic N) is 5. The highest BCUT2D eigenvalue weighted by molar-refractivity contribution is 6.06. The number of carbonyl (C=O) groups is 4. The van der Waals surface area contributed by atoms with E-state index in [1.807, 2.05) is 48.1 Å². The first-order valence-corrected chi connectivity index (χ1v) is 18.8. The van der Waals surface area contributed by atoms with Crippen LogP contribution in [0.2, 0.25) is 0 Å². The molecule has 5 aromatic rings. The number of unbranched alkanes of at least 4 members (excludes halogenated alkanes) is 3. The topological polar surface area (TPSA) is 167 Å². The van der Waals surface area contributed by atoms with Crippen LogP contribution < -0.4 is 16.0 Å². The molecule has 2 fully saturated rings. The molecule has 2 aliphatic heterocycles. The molecule has 4 N–H and O–H groups in total. The summed E-state index contributed by atoms with van der Waals surface area (Å²) in [5, 5.41) is 14.7. The third-order valence-electron chi connectivity index (χ3n) is 10.2. The van der Waals surface area contributed by atoms with Gasteiger partial charge in [0.05, 0.1) is 16.7 Å². The number of amides is 4. The summed E-state index contributed by atoms with van der Waals surface area (Å²) in [6.07, 6.45) is 9.41. The zero-order chi connectivity index (χ0) is 37.6. The van der Waals surface area contributed by atoms with Crippen LogP contribution in [0.15, 0.2) is 54.7 Å². The second-order valence-electron chi connectivity index (χ2n) is 14.2. The van der Waals surface area contributed by atoms with Gasteiger partial charge in [-0.3, -0.25) is 34.1 Å². The van der Waals surface area contributed by atoms with E-state index in [4.69, 9.17) is 5.10 Å². The first-order chi connectivity index (χ1) is 26.2. The van der Waals surface area contributed by atoms with E-state index < -0.39 is 17.9 Å². The van der Waals surface area contributed by atoms with Gasteiger partial charge in [-0.15, -0.1) is 11.8 Å². The van der Waals surface area contributed by atoms with Gasteiger partial charge >= 0.3 is 0 Å². The Morgan fingerprint density at radius 2 is 1.85 bits per heavy atom. The molecule has 54 heavy (non-hydrogen) atoms. The largest absolute Gasteiger partial charge is 0.357 e. The van der Waals surface area contributed by atoms with Crippen LogP contribution in [0.25, 0.3) is 21.8 Å². The maximum atomic E-state index is 13.3. The second-order valence-corrected chi connectivity index (χ2v) is 14.2. The lowest BCUT2D eigenvalue weighted by atomic mass is 10.1. The summed E-state index contributed by atoms with van der Waals surface area (Å²) < 4.78 is 1.98. The van der Waals surface area contributed by atoms with E-state index >= 15 is 0 Å². The number of aromatic amines is 1. The van der Waals surface area contributed by atoms with Crippen LogP contribution in [0.3, 0.4) is 0 Å². The highest BCUT2D eigenvalue weighted by Gasteiger charge is 2.28. The lowest BCUT2D eigenvalue weighted by molar-refractivity contribution is -0.134. The fraction of sp³-hybridized carbons (Fsp3) is 0.390. The Morgan fingerprint density at radius 3 is 2.67 bits per heavy atom. The van der Waals surface area contributed by atoms with Gasteiger partial charge in [-0.05, 0) is 95.8 Å². The Labute approximate surface area is 313 Å². The SMILES string of the molecule is Cc1nn(CCCCC#CCCCc2cccc(C(=O)N[C@H]3CCC(=O)NC3=O)n2)c2cc(C(=O)Nc3cc4[nH]c([C@H]5CCCN5C)cc4cn3)ccc12. The minimum Gasteiger partial charge on any atom is -0.357 e. The molecule has 0 saturated carbocycles. The number of likely N-dealkylation sites (tertiary alicyclic amines) is 1. The Kier molecular flexibility index (Phi) is 11.1. The van der Waals surface area contributed by atoms with Crippen molar-refractivity contribution in [3.05, 3.63) is 83.1 Å². The number of pyridine rings is 2. The number of aryl methyl sites for hydroxylation is 3. The highest BCUT2D eigenvalue weighted by Crippen LogP contribution is 2.32. The van der Waals surface area contributed by atoms with Crippen molar-refractivity contribution in [2.45, 2.75) is 89.8 Å². The van der Waals surface area contributed by atoms with Gasteiger partial charge in [0.25, 0.3) is 11.8 Å². The van der Waals surface area contributed by atoms with Crippen molar-refractivity contribution in [2.75, 3.05) is 18.9 Å². The molecular formula is C41H45N9O4. The molecule has 13 nitrogen and oxygen atoms in total. The van der Waals surface area contributed by atoms with Crippen LogP contribution in [0.1, 0.15) is 102 Å². The van der Waals surface area contributed by atoms with E-state index in [0.717, 1.165) is 84.8 Å². The second kappa shape index (κ2) is 16.4. The minimum atomic E-state index is -0.738. The Bertz CT molecular complexity index is 2280. The molecule has 0 spiro atoms. The van der Waals surface area contributed by atoms with Crippen molar-refractivity contribution in [3.8, 4) is 11.8 Å². The zero-order valence-electron chi connectivity index (χ0n) is 30.7. The van der Waals surface area contributed by atoms with Gasteiger partial charge in [0.2, 0.25) is 11.8 Å². The number of rotatable bonds is 12. The third kappa shape index (κ3) is 8.50. The summed E-state index contributed by atoms with van der Waals surface area (Å²) in [4.78, 5) is 64.2. The molecular weight excluding hydrogens is 683 g/mol. The Balaban J connectivity index is 0.861. The standard InChI is InChI=1S/C41H45N9O4/c1-26-30-17-16-27(39(52)46-37-24-33-28(25-42-37)22-34(44-33)35-15-11-20-49(35)2)23-36(30)50(48-26)21-9-7-5-3-4-6-8-12-29-13-10-14-31(43-29)40(53)45-32-18-19-38(51)47-41(32)54/h10,13-14,16-17,22-25,32,35,44H,5-9,11-12,15,18-21H2,1-2H3,(H,45,53)(H,42,46,52)(H,47,51,54)/t32-,35+/m0/s1. The summed E-state index contributed by atoms with van der Waals surface area (Å²) in [5.41, 5.74) is 5.57. The first kappa shape index (κ1) is 36.5. The maximum Gasteiger partial charge on any atom is 0.270 e. The lowest BCUT2D eigenvalue weighted by Gasteiger charge is -2.21. The summed E-state index contributed by atoms with van der Waals surface area (Å²) in [5.74, 6) is 5.55. The smallest absolute Gasteiger partial charge is 0.270 e. The molecule has 2 atom stereocenters. The van der Waals surface area contributed by atoms with E-state index in [-0.39, 0.29) is 30.3 Å². The van der Waals surface area contributed by atoms with Crippen LogP contribution >= 0.6 is 0 Å². The van der Waals surface area contributed by atoms with Gasteiger partial charge < -0.3 is 15.6 Å². The molecule has 4 amide bonds. The maximum absolute atomic E-state index is 13.3. The van der Waals surface area contributed by atoms with E-state index in [2.05, 4.69) is 60.8 Å². The highest BCUT2D eigenvalue weighted by atomic mass is 16.2. The molecule has 13 heteroatoms. The molecule has 7 rings (SSSR count). The van der Waals surface area contributed by atoms with Crippen molar-refractivity contribution >= 4 is 51.3 Å². The van der Waals surface area contributed by atoms with Crippen LogP contribution in [0, 0.1) is 18.8 Å². The van der Waals surface area contributed by atoms with Crippen molar-refractivity contribution in [2.24, 2.45) is 0 Å². The van der Waals surface area contributed by atoms with Crippen molar-refractivity contribution in [3.63, 3.8) is 0 Å². The normalized spacial score (nSPS) is 17.4. The monoisotopic (exact) mass is 727 g/mol. The van der Waals surface area contributed by atoms with Crippen molar-refractivity contribution in [1.82, 2.24) is 40.3 Å². The molecule has 0 radical (unpaired) electrons. The molecule has 2 aliphatic rings. The molecule has 0 aliphatic carbocycles. The minimum absolute atomic E-state index is 0.195. The molecule has 4 aromatic heterocycles. The van der Waals surface area contributed by atoms with Gasteiger partial charge in [-0.25, -0.2) is 9.97 Å². The number of fused-ring (bicyclic) bond motifs is 2. The number of benzene rings is 1. The predicted molar refractivity (Wildman–Crippen MR) is 206 cm³/mol. The van der Waals surface area contributed by atoms with Gasteiger partial charge in [0, 0.05) is 71.8 Å². The number of carbonyl (C=O) groups excluding carboxylic acids is 4. The molecule has 2 saturated heterocycles. The summed E-state index contributed by atoms with van der Waals surface area (Å²) in [6, 6.07) is 14.7. The summed E-state index contributed by atoms with van der Waals surface area (Å²) in [7, 11) is 2.15. The van der Waals surface area contributed by atoms with Gasteiger partial charge in [0.15, 0.2) is 0 Å². The van der Waals surface area contributed by atoms with E-state index in [1.165, 1.54) is 12.1 Å². The average Bonchev–Trinajstić information content (AvgIpc) is 3.88. The van der Waals surface area contributed by atoms with E-state index in [1.54, 1.807) is 12.1 Å². The number of nitrogens with one attached hydrogen (secondary N) is 4. The first-order valence-electron chi connectivity index (χ1n) is 18.8. The lowest BCUT2D eigenvalue weighted by Crippen LogP contribution is -2.52. The summed E-state index contributed by atoms with van der Waals surface area (Å²) >= 11 is 0. The number of piperidine rings is 1. The van der Waals surface area contributed by atoms with Crippen LogP contribution in [0.5, 0.6) is 0 Å². The van der Waals surface area contributed by atoms with Crippen LogP contribution in [-0.2, 0) is 22.6 Å². The number of hydrogen-bond donors (Lipinski definition) is 4. The predicted octanol–water partition coefficient (Wildman–Crippen LogP) is 5.37. The zero-order valence-corrected chi connectivity index (χ0v) is 30.7. The van der Waals surface area contributed by atoms with E-state index in [0.29, 0.717) is 23.8 Å². The van der Waals surface area contributed by atoms with Crippen LogP contribution in [0.4, 0.5) is 5.82 Å². The van der Waals surface area contributed by atoms with Crippen molar-refractivity contribution in [1.29, 1.82) is 0 Å². The van der Waals surface area contributed by atoms with Gasteiger partial charge in [0.1, 0.15) is 17.6 Å². The van der Waals surface area contributed by atoms with Crippen molar-refractivity contribution < 1.29 is 19.2 Å². The van der Waals surface area contributed by atoms with Crippen LogP contribution in [-0.4, -0.2) is 72.9 Å². The fourth-order valence-electron chi connectivity index (χ4n) is 7.26. The molecule has 6 heterocycles. The number of hydrogen-bond acceptors (Lipinski definition) is 8. The van der Waals surface area contributed by atoms with Gasteiger partial charge in [-0.1, -0.05) is 12.1 Å². The number of anilines is 1. The average molecular weight is 728 g/mol. The number of H-pyrrole nitrogens is 1. The third-order valence-corrected chi connectivity index (χ3v) is 10.2. The molecule has 0 unspecified atom stereocenters. The molecule has 278 valence electrons. The number of imide groups is 1. The summed E-state index contributed by atoms with van der Waals surface area (Å²) in [6.45, 7) is 3.80. The quantitative estimate of drug-likeness (QED) is 0.0757. The number of aromatic nitrogens is 5. The van der Waals surface area contributed by atoms with E-state index in [9.17, 15) is 19.2 Å². The Hall–Kier alpha value is -5.87.